The van der Waals surface area contributed by atoms with Crippen molar-refractivity contribution in [2.24, 2.45) is 11.7 Å². The maximum atomic E-state index is 11.7. The second-order valence-electron chi connectivity index (χ2n) is 4.16. The van der Waals surface area contributed by atoms with Gasteiger partial charge in [0.15, 0.2) is 0 Å². The summed E-state index contributed by atoms with van der Waals surface area (Å²) in [5, 5.41) is 0. The first kappa shape index (κ1) is 10.2. The monoisotopic (exact) mass is 209 g/mol. The lowest BCUT2D eigenvalue weighted by Gasteiger charge is -2.25. The Morgan fingerprint density at radius 2 is 2.40 bits per heavy atom. The number of furan rings is 1. The van der Waals surface area contributed by atoms with Gasteiger partial charge in [-0.1, -0.05) is 6.92 Å². The van der Waals surface area contributed by atoms with Crippen molar-refractivity contribution >= 4 is 5.97 Å². The Hall–Kier alpha value is -1.29. The topological polar surface area (TPSA) is 65.5 Å². The number of esters is 1. The van der Waals surface area contributed by atoms with Crippen LogP contribution >= 0.6 is 0 Å². The number of rotatable bonds is 1. The molecule has 1 aliphatic rings. The Balaban J connectivity index is 2.52. The maximum absolute atomic E-state index is 11.7. The molecule has 1 aliphatic carbocycles. The van der Waals surface area contributed by atoms with Crippen molar-refractivity contribution in [1.82, 2.24) is 0 Å². The lowest BCUT2D eigenvalue weighted by atomic mass is 9.86. The molecule has 0 aromatic carbocycles. The van der Waals surface area contributed by atoms with E-state index >= 15 is 0 Å². The second-order valence-corrected chi connectivity index (χ2v) is 4.16. The summed E-state index contributed by atoms with van der Waals surface area (Å²) in [4.78, 5) is 11.7. The first-order valence-corrected chi connectivity index (χ1v) is 4.97. The van der Waals surface area contributed by atoms with Gasteiger partial charge in [0.25, 0.3) is 0 Å². The number of hydrogen-bond acceptors (Lipinski definition) is 4. The first-order chi connectivity index (χ1) is 7.00. The third kappa shape index (κ3) is 1.21. The molecule has 4 heteroatoms. The van der Waals surface area contributed by atoms with Crippen LogP contribution in [0.25, 0.3) is 0 Å². The normalized spacial score (nSPS) is 28.9. The van der Waals surface area contributed by atoms with E-state index in [2.05, 4.69) is 0 Å². The zero-order valence-electron chi connectivity index (χ0n) is 9.16. The largest absolute Gasteiger partial charge is 0.467 e. The van der Waals surface area contributed by atoms with Crippen LogP contribution in [0.5, 0.6) is 0 Å². The van der Waals surface area contributed by atoms with Crippen molar-refractivity contribution in [3.8, 4) is 0 Å². The van der Waals surface area contributed by atoms with Gasteiger partial charge < -0.3 is 14.9 Å². The van der Waals surface area contributed by atoms with E-state index in [9.17, 15) is 4.79 Å². The summed E-state index contributed by atoms with van der Waals surface area (Å²) in [6.45, 7) is 3.78. The summed E-state index contributed by atoms with van der Waals surface area (Å²) in [7, 11) is 1.36. The van der Waals surface area contributed by atoms with Crippen molar-refractivity contribution in [2.75, 3.05) is 7.11 Å². The smallest absolute Gasteiger partial charge is 0.330 e. The zero-order valence-corrected chi connectivity index (χ0v) is 9.16. The molecule has 1 aromatic rings. The lowest BCUT2D eigenvalue weighted by molar-refractivity contribution is -0.149. The third-order valence-electron chi connectivity index (χ3n) is 3.17. The summed E-state index contributed by atoms with van der Waals surface area (Å²) in [5.74, 6) is 1.22. The molecule has 0 amide bonds. The van der Waals surface area contributed by atoms with Crippen molar-refractivity contribution in [1.29, 1.82) is 0 Å². The highest BCUT2D eigenvalue weighted by atomic mass is 16.5. The van der Waals surface area contributed by atoms with Crippen molar-refractivity contribution in [3.05, 3.63) is 23.2 Å². The van der Waals surface area contributed by atoms with E-state index < -0.39 is 11.5 Å². The number of methoxy groups -OCH3 is 1. The number of carbonyl (C=O) groups excluding carboxylic acids is 1. The number of carbonyl (C=O) groups is 1. The van der Waals surface area contributed by atoms with Gasteiger partial charge >= 0.3 is 5.97 Å². The molecule has 0 bridgehead atoms. The molecule has 4 nitrogen and oxygen atoms in total. The Morgan fingerprint density at radius 1 is 1.73 bits per heavy atom. The summed E-state index contributed by atoms with van der Waals surface area (Å²) in [6.07, 6.45) is 0.689. The van der Waals surface area contributed by atoms with Gasteiger partial charge in [-0.15, -0.1) is 0 Å². The number of fused-ring (bicyclic) bond motifs is 1. The van der Waals surface area contributed by atoms with Crippen molar-refractivity contribution in [2.45, 2.75) is 25.8 Å². The van der Waals surface area contributed by atoms with Crippen LogP contribution in [0.15, 0.2) is 10.5 Å². The van der Waals surface area contributed by atoms with Crippen LogP contribution in [0, 0.1) is 12.8 Å². The molecule has 0 radical (unpaired) electrons. The maximum Gasteiger partial charge on any atom is 0.330 e. The highest BCUT2D eigenvalue weighted by Gasteiger charge is 2.50. The molecule has 0 fully saturated rings. The van der Waals surface area contributed by atoms with Crippen LogP contribution < -0.4 is 5.73 Å². The predicted octanol–water partition coefficient (Wildman–Crippen LogP) is 1.11. The van der Waals surface area contributed by atoms with Crippen LogP contribution in [-0.4, -0.2) is 13.1 Å². The number of hydrogen-bond donors (Lipinski definition) is 1. The Kier molecular flexibility index (Phi) is 2.12. The average Bonchev–Trinajstić information content (AvgIpc) is 2.65. The van der Waals surface area contributed by atoms with Crippen LogP contribution in [0.3, 0.4) is 0 Å². The van der Waals surface area contributed by atoms with Gasteiger partial charge in [0.05, 0.1) is 7.11 Å². The van der Waals surface area contributed by atoms with Gasteiger partial charge in [0.1, 0.15) is 17.1 Å². The molecular weight excluding hydrogens is 194 g/mol. The summed E-state index contributed by atoms with van der Waals surface area (Å²) < 4.78 is 10.3. The molecule has 82 valence electrons. The van der Waals surface area contributed by atoms with E-state index in [1.54, 1.807) is 0 Å². The Labute approximate surface area is 88.4 Å². The number of ether oxygens (including phenoxy) is 1. The lowest BCUT2D eigenvalue weighted by Crippen LogP contribution is -2.48. The molecule has 2 rings (SSSR count). The standard InChI is InChI=1S/C11H15NO3/c1-6-4-9-8(5-7(2)15-9)11(6,12)10(13)14-3/h5-6H,4,12H2,1-3H3. The molecule has 0 aliphatic heterocycles. The van der Waals surface area contributed by atoms with Crippen molar-refractivity contribution in [3.63, 3.8) is 0 Å². The predicted molar refractivity (Wildman–Crippen MR) is 54.2 cm³/mol. The van der Waals surface area contributed by atoms with E-state index in [0.717, 1.165) is 17.1 Å². The fourth-order valence-electron chi connectivity index (χ4n) is 2.25. The molecular formula is C11H15NO3. The van der Waals surface area contributed by atoms with Crippen LogP contribution in [-0.2, 0) is 21.5 Å². The van der Waals surface area contributed by atoms with Gasteiger partial charge in [-0.2, -0.15) is 0 Å². The van der Waals surface area contributed by atoms with E-state index in [4.69, 9.17) is 14.9 Å². The minimum atomic E-state index is -1.04. The van der Waals surface area contributed by atoms with E-state index in [1.165, 1.54) is 7.11 Å². The highest BCUT2D eigenvalue weighted by molar-refractivity contribution is 5.84. The first-order valence-electron chi connectivity index (χ1n) is 4.97. The molecule has 0 saturated heterocycles. The van der Waals surface area contributed by atoms with E-state index in [-0.39, 0.29) is 5.92 Å². The van der Waals surface area contributed by atoms with Crippen molar-refractivity contribution < 1.29 is 13.9 Å². The van der Waals surface area contributed by atoms with Crippen LogP contribution in [0.2, 0.25) is 0 Å². The average molecular weight is 209 g/mol. The highest BCUT2D eigenvalue weighted by Crippen LogP contribution is 2.41. The number of aryl methyl sites for hydroxylation is 1. The fraction of sp³-hybridized carbons (Fsp3) is 0.545. The Morgan fingerprint density at radius 3 is 3.00 bits per heavy atom. The summed E-state index contributed by atoms with van der Waals surface area (Å²) >= 11 is 0. The van der Waals surface area contributed by atoms with Gasteiger partial charge in [0, 0.05) is 12.0 Å². The fourth-order valence-corrected chi connectivity index (χ4v) is 2.25. The van der Waals surface area contributed by atoms with Crippen LogP contribution in [0.1, 0.15) is 24.0 Å². The van der Waals surface area contributed by atoms with Gasteiger partial charge in [0.2, 0.25) is 0 Å². The molecule has 2 atom stereocenters. The van der Waals surface area contributed by atoms with E-state index in [0.29, 0.717) is 6.42 Å². The quantitative estimate of drug-likeness (QED) is 0.703. The minimum Gasteiger partial charge on any atom is -0.467 e. The number of nitrogens with two attached hydrogens (primary N) is 1. The Bertz CT molecular complexity index is 410. The van der Waals surface area contributed by atoms with Gasteiger partial charge in [-0.3, -0.25) is 0 Å². The van der Waals surface area contributed by atoms with Gasteiger partial charge in [-0.25, -0.2) is 4.79 Å². The molecule has 1 aromatic heterocycles. The van der Waals surface area contributed by atoms with Crippen LogP contribution in [0.4, 0.5) is 0 Å². The molecule has 0 spiro atoms. The van der Waals surface area contributed by atoms with E-state index in [1.807, 2.05) is 19.9 Å². The third-order valence-corrected chi connectivity index (χ3v) is 3.17. The SMILES string of the molecule is COC(=O)C1(N)c2cc(C)oc2CC1C. The second kappa shape index (κ2) is 3.10. The van der Waals surface area contributed by atoms with Gasteiger partial charge in [-0.05, 0) is 18.9 Å². The summed E-state index contributed by atoms with van der Waals surface area (Å²) in [5.41, 5.74) is 5.88. The molecule has 1 heterocycles. The molecule has 2 N–H and O–H groups in total. The molecule has 2 unspecified atom stereocenters. The molecule has 15 heavy (non-hydrogen) atoms. The molecule has 0 saturated carbocycles. The minimum absolute atomic E-state index is 0.0132. The zero-order chi connectivity index (χ0) is 11.2. The summed E-state index contributed by atoms with van der Waals surface area (Å²) in [6, 6.07) is 1.83.